The molecule has 0 radical (unpaired) electrons. The average Bonchev–Trinajstić information content (AvgIpc) is 2.81. The Morgan fingerprint density at radius 2 is 2.35 bits per heavy atom. The Morgan fingerprint density at radius 1 is 1.53 bits per heavy atom. The molecule has 0 saturated heterocycles. The Labute approximate surface area is 104 Å². The van der Waals surface area contributed by atoms with Crippen LogP contribution >= 0.6 is 11.3 Å². The molecule has 2 rings (SSSR count). The summed E-state index contributed by atoms with van der Waals surface area (Å²) in [6.07, 6.45) is 0. The van der Waals surface area contributed by atoms with Crippen molar-refractivity contribution in [2.75, 3.05) is 17.7 Å². The van der Waals surface area contributed by atoms with Crippen LogP contribution in [0.5, 0.6) is 0 Å². The number of hydrogen-bond donors (Lipinski definition) is 1. The molecule has 2 aromatic rings. The van der Waals surface area contributed by atoms with E-state index in [0.29, 0.717) is 17.8 Å². The highest BCUT2D eigenvalue weighted by molar-refractivity contribution is 7.07. The van der Waals surface area contributed by atoms with Crippen LogP contribution in [-0.4, -0.2) is 12.0 Å². The molecule has 2 N–H and O–H groups in total. The fraction of sp³-hybridized carbons (Fsp3) is 0.167. The summed E-state index contributed by atoms with van der Waals surface area (Å²) in [7, 11) is 1.96. The quantitative estimate of drug-likeness (QED) is 0.841. The summed E-state index contributed by atoms with van der Waals surface area (Å²) < 4.78 is 0. The van der Waals surface area contributed by atoms with Crippen LogP contribution in [-0.2, 0) is 6.54 Å². The van der Waals surface area contributed by atoms with Crippen molar-refractivity contribution in [3.05, 3.63) is 40.3 Å². The van der Waals surface area contributed by atoms with Crippen molar-refractivity contribution in [1.29, 1.82) is 5.26 Å². The normalized spacial score (nSPS) is 9.88. The summed E-state index contributed by atoms with van der Waals surface area (Å²) in [4.78, 5) is 6.25. The highest BCUT2D eigenvalue weighted by Gasteiger charge is 2.07. The zero-order chi connectivity index (χ0) is 12.3. The molecule has 0 amide bonds. The molecular weight excluding hydrogens is 232 g/mol. The van der Waals surface area contributed by atoms with Gasteiger partial charge in [0.15, 0.2) is 0 Å². The minimum Gasteiger partial charge on any atom is -0.397 e. The minimum absolute atomic E-state index is 0.577. The van der Waals surface area contributed by atoms with Crippen LogP contribution in [0.15, 0.2) is 29.1 Å². The van der Waals surface area contributed by atoms with Crippen molar-refractivity contribution in [3.63, 3.8) is 0 Å². The number of nitrogens with zero attached hydrogens (tertiary/aromatic N) is 3. The number of hydrogen-bond acceptors (Lipinski definition) is 5. The van der Waals surface area contributed by atoms with Crippen LogP contribution < -0.4 is 10.6 Å². The molecule has 1 aromatic heterocycles. The maximum Gasteiger partial charge on any atom is 0.0992 e. The van der Waals surface area contributed by atoms with Crippen molar-refractivity contribution < 1.29 is 0 Å². The molecular formula is C12H12N4S. The molecule has 0 aliphatic carbocycles. The van der Waals surface area contributed by atoms with Crippen LogP contribution in [0.4, 0.5) is 11.4 Å². The van der Waals surface area contributed by atoms with Gasteiger partial charge in [-0.05, 0) is 18.2 Å². The number of benzene rings is 1. The first kappa shape index (κ1) is 11.4. The Morgan fingerprint density at radius 3 is 2.94 bits per heavy atom. The highest BCUT2D eigenvalue weighted by Crippen LogP contribution is 2.24. The van der Waals surface area contributed by atoms with Gasteiger partial charge in [0.1, 0.15) is 0 Å². The Kier molecular flexibility index (Phi) is 3.26. The smallest absolute Gasteiger partial charge is 0.0992 e. The standard InChI is InChI=1S/C12H12N4S/c1-16(6-10-7-17-8-15-10)12-3-2-9(5-13)4-11(12)14/h2-4,7-8H,6,14H2,1H3. The number of nitrogen functional groups attached to an aromatic ring is 1. The number of anilines is 2. The molecule has 0 spiro atoms. The predicted molar refractivity (Wildman–Crippen MR) is 69.8 cm³/mol. The first-order valence-electron chi connectivity index (χ1n) is 5.08. The van der Waals surface area contributed by atoms with Crippen LogP contribution in [0, 0.1) is 11.3 Å². The van der Waals surface area contributed by atoms with Crippen LogP contribution in [0.2, 0.25) is 0 Å². The molecule has 0 fully saturated rings. The molecule has 0 unspecified atom stereocenters. The van der Waals surface area contributed by atoms with Gasteiger partial charge in [0, 0.05) is 12.4 Å². The van der Waals surface area contributed by atoms with E-state index in [2.05, 4.69) is 11.1 Å². The van der Waals surface area contributed by atoms with E-state index in [9.17, 15) is 0 Å². The van der Waals surface area contributed by atoms with E-state index >= 15 is 0 Å². The number of rotatable bonds is 3. The van der Waals surface area contributed by atoms with E-state index in [0.717, 1.165) is 11.4 Å². The van der Waals surface area contributed by atoms with Crippen molar-refractivity contribution >= 4 is 22.7 Å². The maximum atomic E-state index is 8.77. The topological polar surface area (TPSA) is 65.9 Å². The van der Waals surface area contributed by atoms with Gasteiger partial charge in [-0.3, -0.25) is 0 Å². The van der Waals surface area contributed by atoms with Crippen molar-refractivity contribution in [1.82, 2.24) is 4.98 Å². The maximum absolute atomic E-state index is 8.77. The first-order valence-corrected chi connectivity index (χ1v) is 6.03. The summed E-state index contributed by atoms with van der Waals surface area (Å²) in [5, 5.41) is 10.8. The first-order chi connectivity index (χ1) is 8.20. The summed E-state index contributed by atoms with van der Waals surface area (Å²) in [5.41, 5.74) is 10.8. The molecule has 1 heterocycles. The van der Waals surface area contributed by atoms with Gasteiger partial charge in [0.2, 0.25) is 0 Å². The highest BCUT2D eigenvalue weighted by atomic mass is 32.1. The number of aromatic nitrogens is 1. The van der Waals surface area contributed by atoms with Crippen molar-refractivity contribution in [2.24, 2.45) is 0 Å². The van der Waals surface area contributed by atoms with Gasteiger partial charge in [-0.15, -0.1) is 11.3 Å². The molecule has 0 atom stereocenters. The molecule has 17 heavy (non-hydrogen) atoms. The summed E-state index contributed by atoms with van der Waals surface area (Å²) >= 11 is 1.57. The van der Waals surface area contributed by atoms with Gasteiger partial charge >= 0.3 is 0 Å². The van der Waals surface area contributed by atoms with E-state index < -0.39 is 0 Å². The third kappa shape index (κ3) is 2.55. The monoisotopic (exact) mass is 244 g/mol. The van der Waals surface area contributed by atoms with Crippen LogP contribution in [0.3, 0.4) is 0 Å². The molecule has 0 saturated carbocycles. The second-order valence-corrected chi connectivity index (χ2v) is 4.44. The SMILES string of the molecule is CN(Cc1cscn1)c1ccc(C#N)cc1N. The number of nitriles is 1. The molecule has 86 valence electrons. The van der Waals surface area contributed by atoms with Crippen molar-refractivity contribution in [2.45, 2.75) is 6.54 Å². The lowest BCUT2D eigenvalue weighted by atomic mass is 10.2. The molecule has 0 aliphatic rings. The van der Waals surface area contributed by atoms with Gasteiger partial charge in [-0.25, -0.2) is 4.98 Å². The van der Waals surface area contributed by atoms with E-state index in [-0.39, 0.29) is 0 Å². The van der Waals surface area contributed by atoms with Gasteiger partial charge in [-0.1, -0.05) is 0 Å². The van der Waals surface area contributed by atoms with Crippen LogP contribution in [0.25, 0.3) is 0 Å². The molecule has 4 nitrogen and oxygen atoms in total. The second kappa shape index (κ2) is 4.85. The third-order valence-electron chi connectivity index (χ3n) is 2.45. The fourth-order valence-electron chi connectivity index (χ4n) is 1.62. The van der Waals surface area contributed by atoms with Gasteiger partial charge < -0.3 is 10.6 Å². The Balaban J connectivity index is 2.20. The Hall–Kier alpha value is -2.06. The fourth-order valence-corrected chi connectivity index (χ4v) is 2.17. The zero-order valence-electron chi connectivity index (χ0n) is 9.42. The third-order valence-corrected chi connectivity index (χ3v) is 3.09. The van der Waals surface area contributed by atoms with Gasteiger partial charge in [0.05, 0.1) is 40.8 Å². The van der Waals surface area contributed by atoms with Gasteiger partial charge in [0.25, 0.3) is 0 Å². The molecule has 0 bridgehead atoms. The largest absolute Gasteiger partial charge is 0.397 e. The lowest BCUT2D eigenvalue weighted by molar-refractivity contribution is 0.896. The van der Waals surface area contributed by atoms with Crippen LogP contribution in [0.1, 0.15) is 11.3 Å². The zero-order valence-corrected chi connectivity index (χ0v) is 10.2. The summed E-state index contributed by atoms with van der Waals surface area (Å²) in [5.74, 6) is 0. The molecule has 5 heteroatoms. The minimum atomic E-state index is 0.577. The number of thiazole rings is 1. The Bertz CT molecular complexity index is 542. The van der Waals surface area contributed by atoms with E-state index in [1.807, 2.05) is 28.9 Å². The van der Waals surface area contributed by atoms with Gasteiger partial charge in [-0.2, -0.15) is 5.26 Å². The summed E-state index contributed by atoms with van der Waals surface area (Å²) in [6, 6.07) is 7.39. The summed E-state index contributed by atoms with van der Waals surface area (Å²) in [6.45, 7) is 0.708. The second-order valence-electron chi connectivity index (χ2n) is 3.72. The van der Waals surface area contributed by atoms with E-state index in [1.165, 1.54) is 0 Å². The van der Waals surface area contributed by atoms with Crippen molar-refractivity contribution in [3.8, 4) is 6.07 Å². The van der Waals surface area contributed by atoms with E-state index in [4.69, 9.17) is 11.0 Å². The lowest BCUT2D eigenvalue weighted by Gasteiger charge is -2.20. The average molecular weight is 244 g/mol. The molecule has 0 aliphatic heterocycles. The lowest BCUT2D eigenvalue weighted by Crippen LogP contribution is -2.18. The van der Waals surface area contributed by atoms with E-state index in [1.54, 1.807) is 23.5 Å². The number of nitrogens with two attached hydrogens (primary N) is 1. The molecule has 1 aromatic carbocycles. The predicted octanol–water partition coefficient (Wildman–Crippen LogP) is 2.23.